The van der Waals surface area contributed by atoms with Crippen LogP contribution in [0.25, 0.3) is 33.4 Å². The van der Waals surface area contributed by atoms with Gasteiger partial charge in [-0.05, 0) is 94.0 Å². The zero-order valence-electron chi connectivity index (χ0n) is 29.9. The summed E-state index contributed by atoms with van der Waals surface area (Å²) in [5, 5.41) is 0. The summed E-state index contributed by atoms with van der Waals surface area (Å²) in [5.74, 6) is 0. The number of alkyl halides is 9. The standard InChI is InChI=1S/C36H26S2.C4F9O6S3/c1-3-9-27(10-4-1)28-15-19-31(20-16-28)37-33-23-25-34(26-24-33)38-32-21-17-30(18-22-32)36-14-8-7-13-35(36)29-11-5-2-6-12-29;5-2(6,7)20(14,15)1(21(16,17)3(8,9)10)22(18,19)4(11,12)13/h1-26H;/q;-1/p+1. The summed E-state index contributed by atoms with van der Waals surface area (Å²) in [7, 11) is -24.1. The first-order valence-corrected chi connectivity index (χ1v) is 22.8. The molecule has 0 radical (unpaired) electrons. The van der Waals surface area contributed by atoms with E-state index < -0.39 is 50.0 Å². The molecule has 6 aromatic rings. The molecule has 0 saturated carbocycles. The first-order valence-electron chi connectivity index (χ1n) is 16.6. The molecular weight excluding hydrogens is 908 g/mol. The van der Waals surface area contributed by atoms with Gasteiger partial charge in [0.25, 0.3) is 0 Å². The molecule has 0 aliphatic heterocycles. The van der Waals surface area contributed by atoms with Gasteiger partial charge in [-0.25, -0.2) is 0 Å². The van der Waals surface area contributed by atoms with Crippen molar-refractivity contribution in [3.05, 3.63) is 162 Å². The van der Waals surface area contributed by atoms with Crippen molar-refractivity contribution < 1.29 is 64.8 Å². The van der Waals surface area contributed by atoms with E-state index in [1.807, 2.05) is 0 Å². The average Bonchev–Trinajstić information content (AvgIpc) is 3.19. The maximum atomic E-state index is 12.0. The normalized spacial score (nSPS) is 12.8. The molecule has 0 heterocycles. The molecule has 0 spiro atoms. The van der Waals surface area contributed by atoms with Gasteiger partial charge < -0.3 is 0 Å². The Labute approximate surface area is 347 Å². The van der Waals surface area contributed by atoms with Crippen molar-refractivity contribution in [2.24, 2.45) is 0 Å². The van der Waals surface area contributed by atoms with E-state index in [-0.39, 0.29) is 0 Å². The molecular formula is C40H27F9O6S5. The van der Waals surface area contributed by atoms with E-state index in [0.29, 0.717) is 0 Å². The van der Waals surface area contributed by atoms with Crippen LogP contribution >= 0.6 is 11.8 Å². The Morgan fingerprint density at radius 1 is 0.367 bits per heavy atom. The van der Waals surface area contributed by atoms with Crippen LogP contribution in [0, 0.1) is 3.91 Å². The second kappa shape index (κ2) is 18.1. The molecule has 0 saturated heterocycles. The minimum absolute atomic E-state index is 1.22. The molecule has 6 rings (SSSR count). The zero-order valence-corrected chi connectivity index (χ0v) is 34.1. The van der Waals surface area contributed by atoms with Gasteiger partial charge in [0.05, 0.1) is 3.91 Å². The molecule has 20 heteroatoms. The monoisotopic (exact) mass is 934 g/mol. The number of thiol groups is 1. The van der Waals surface area contributed by atoms with Crippen molar-refractivity contribution in [3.63, 3.8) is 0 Å². The molecule has 316 valence electrons. The predicted molar refractivity (Wildman–Crippen MR) is 213 cm³/mol. The van der Waals surface area contributed by atoms with Crippen molar-refractivity contribution >= 4 is 53.0 Å². The summed E-state index contributed by atoms with van der Waals surface area (Å²) in [6.45, 7) is 0. The third-order valence-corrected chi connectivity index (χ3v) is 17.3. The van der Waals surface area contributed by atoms with Crippen LogP contribution in [0.5, 0.6) is 0 Å². The van der Waals surface area contributed by atoms with Gasteiger partial charge in [-0.15, -0.1) is 0 Å². The van der Waals surface area contributed by atoms with Crippen LogP contribution in [0.1, 0.15) is 0 Å². The maximum Gasteiger partial charge on any atom is 0.470 e. The first-order chi connectivity index (χ1) is 27.9. The Hall–Kier alpha value is -4.76. The van der Waals surface area contributed by atoms with Gasteiger partial charge in [-0.2, -0.15) is 39.5 Å². The van der Waals surface area contributed by atoms with E-state index in [2.05, 4.69) is 158 Å². The van der Waals surface area contributed by atoms with Gasteiger partial charge >= 0.3 is 16.5 Å². The highest BCUT2D eigenvalue weighted by Crippen LogP contribution is 2.47. The van der Waals surface area contributed by atoms with Crippen LogP contribution in [0.2, 0.25) is 0 Å². The van der Waals surface area contributed by atoms with Crippen LogP contribution < -0.4 is 0 Å². The minimum Gasteiger partial charge on any atom is -0.251 e. The van der Waals surface area contributed by atoms with Crippen molar-refractivity contribution in [1.82, 2.24) is 0 Å². The van der Waals surface area contributed by atoms with Gasteiger partial charge in [-0.1, -0.05) is 109 Å². The summed E-state index contributed by atoms with van der Waals surface area (Å²) >= 11 is 3.02. The van der Waals surface area contributed by atoms with Gasteiger partial charge in [0.15, 0.2) is 39.3 Å². The highest BCUT2D eigenvalue weighted by atomic mass is 32.3. The lowest BCUT2D eigenvalue weighted by Crippen LogP contribution is -2.47. The summed E-state index contributed by atoms with van der Waals surface area (Å²) in [5.41, 5.74) is -13.7. The summed E-state index contributed by atoms with van der Waals surface area (Å²) in [4.78, 5) is 5.10. The van der Waals surface area contributed by atoms with E-state index in [0.717, 1.165) is 0 Å². The highest BCUT2D eigenvalue weighted by Gasteiger charge is 2.63. The van der Waals surface area contributed by atoms with Crippen molar-refractivity contribution in [2.75, 3.05) is 0 Å². The second-order valence-electron chi connectivity index (χ2n) is 12.2. The SMILES string of the molecule is O=S(=O)([C-](S(=O)(=O)C(F)(F)F)S(=O)(=O)C(F)(F)F)C(F)(F)F.c1ccc(-c2ccc(Sc3ccc([SH+]c4ccc(-c5ccccc5-c5ccccc5)cc4)cc3)cc2)cc1. The lowest BCUT2D eigenvalue weighted by atomic mass is 9.95. The third kappa shape index (κ3) is 10.6. The number of sulfone groups is 3. The van der Waals surface area contributed by atoms with Gasteiger partial charge in [-0.3, -0.25) is 25.3 Å². The molecule has 6 nitrogen and oxygen atoms in total. The summed E-state index contributed by atoms with van der Waals surface area (Å²) in [6, 6.07) is 56.5. The van der Waals surface area contributed by atoms with Gasteiger partial charge in [0, 0.05) is 21.6 Å². The Morgan fingerprint density at radius 2 is 0.650 bits per heavy atom. The van der Waals surface area contributed by atoms with Crippen LogP contribution in [0.3, 0.4) is 0 Å². The zero-order chi connectivity index (χ0) is 44.1. The second-order valence-corrected chi connectivity index (χ2v) is 21.0. The quantitative estimate of drug-likeness (QED) is 0.0583. The van der Waals surface area contributed by atoms with Gasteiger partial charge in [0.2, 0.25) is 0 Å². The van der Waals surface area contributed by atoms with E-state index in [4.69, 9.17) is 0 Å². The third-order valence-electron chi connectivity index (χ3n) is 8.05. The molecule has 0 unspecified atom stereocenters. The molecule has 0 atom stereocenters. The molecule has 0 aliphatic rings. The highest BCUT2D eigenvalue weighted by molar-refractivity contribution is 8.29. The molecule has 0 bridgehead atoms. The topological polar surface area (TPSA) is 102 Å². The lowest BCUT2D eigenvalue weighted by Gasteiger charge is -2.31. The van der Waals surface area contributed by atoms with Crippen LogP contribution in [0.15, 0.2) is 177 Å². The maximum absolute atomic E-state index is 12.0. The molecule has 0 N–H and O–H groups in total. The molecule has 6 aromatic carbocycles. The fourth-order valence-corrected chi connectivity index (χ4v) is 12.7. The first kappa shape index (κ1) is 46.3. The lowest BCUT2D eigenvalue weighted by molar-refractivity contribution is -0.0471. The molecule has 0 fully saturated rings. The molecule has 0 aromatic heterocycles. The number of hydrogen-bond donors (Lipinski definition) is 0. The fourth-order valence-electron chi connectivity index (χ4n) is 5.26. The van der Waals surface area contributed by atoms with Crippen molar-refractivity contribution in [3.8, 4) is 33.4 Å². The Kier molecular flexibility index (Phi) is 13.9. The molecule has 0 aliphatic carbocycles. The van der Waals surface area contributed by atoms with Gasteiger partial charge in [0.1, 0.15) is 0 Å². The molecule has 60 heavy (non-hydrogen) atoms. The summed E-state index contributed by atoms with van der Waals surface area (Å²) < 4.78 is 167. The Bertz CT molecular complexity index is 2620. The fraction of sp³-hybridized carbons (Fsp3) is 0.0750. The van der Waals surface area contributed by atoms with Crippen molar-refractivity contribution in [1.29, 1.82) is 0 Å². The predicted octanol–water partition coefficient (Wildman–Crippen LogP) is 11.3. The molecule has 0 amide bonds. The van der Waals surface area contributed by atoms with E-state index >= 15 is 0 Å². The Balaban J connectivity index is 0.000000267. The number of halogens is 9. The number of benzene rings is 6. The Morgan fingerprint density at radius 3 is 1.03 bits per heavy atom. The van der Waals surface area contributed by atoms with Crippen LogP contribution in [-0.2, 0) is 41.3 Å². The number of hydrogen-bond acceptors (Lipinski definition) is 7. The largest absolute Gasteiger partial charge is 0.470 e. The summed E-state index contributed by atoms with van der Waals surface area (Å²) in [6.07, 6.45) is 0. The van der Waals surface area contributed by atoms with E-state index in [9.17, 15) is 64.8 Å². The van der Waals surface area contributed by atoms with Crippen LogP contribution in [-0.4, -0.2) is 41.8 Å². The average molecular weight is 935 g/mol. The van der Waals surface area contributed by atoms with Crippen molar-refractivity contribution in [2.45, 2.75) is 36.1 Å². The van der Waals surface area contributed by atoms with E-state index in [1.165, 1.54) is 64.7 Å². The minimum atomic E-state index is -8.02. The number of rotatable bonds is 10. The smallest absolute Gasteiger partial charge is 0.251 e. The van der Waals surface area contributed by atoms with Crippen LogP contribution in [0.4, 0.5) is 39.5 Å². The van der Waals surface area contributed by atoms with E-state index in [1.54, 1.807) is 11.8 Å².